The third-order valence-electron chi connectivity index (χ3n) is 7.06. The van der Waals surface area contributed by atoms with Crippen LogP contribution in [0.4, 0.5) is 5.69 Å². The quantitative estimate of drug-likeness (QED) is 0.548. The van der Waals surface area contributed by atoms with Gasteiger partial charge in [0, 0.05) is 10.2 Å². The second kappa shape index (κ2) is 6.17. The number of nitrogens with zero attached hydrogens (tertiary/aromatic N) is 1. The average molecular weight is 464 g/mol. The predicted molar refractivity (Wildman–Crippen MR) is 109 cm³/mol. The molecule has 3 amide bonds. The molecule has 28 heavy (non-hydrogen) atoms. The van der Waals surface area contributed by atoms with Gasteiger partial charge in [-0.2, -0.15) is 0 Å². The van der Waals surface area contributed by atoms with E-state index in [-0.39, 0.29) is 41.4 Å². The molecule has 1 aromatic carbocycles. The molecule has 7 atom stereocenters. The molecule has 3 fully saturated rings. The van der Waals surface area contributed by atoms with E-state index in [1.807, 2.05) is 6.92 Å². The molecule has 1 aliphatic heterocycles. The van der Waals surface area contributed by atoms with Gasteiger partial charge in [0.05, 0.1) is 16.9 Å². The lowest BCUT2D eigenvalue weighted by atomic mass is 9.63. The Bertz CT molecular complexity index is 925. The van der Waals surface area contributed by atoms with Gasteiger partial charge < -0.3 is 5.32 Å². The van der Waals surface area contributed by atoms with Crippen LogP contribution in [0.2, 0.25) is 5.02 Å². The summed E-state index contributed by atoms with van der Waals surface area (Å²) >= 11 is 9.59. The van der Waals surface area contributed by atoms with Gasteiger partial charge >= 0.3 is 0 Å². The molecule has 0 radical (unpaired) electrons. The van der Waals surface area contributed by atoms with Crippen LogP contribution in [0.3, 0.4) is 0 Å². The highest BCUT2D eigenvalue weighted by Crippen LogP contribution is 2.65. The van der Waals surface area contributed by atoms with Gasteiger partial charge in [-0.05, 0) is 77.6 Å². The second-order valence-electron chi connectivity index (χ2n) is 8.40. The third kappa shape index (κ3) is 2.40. The molecule has 4 aliphatic carbocycles. The Labute approximate surface area is 176 Å². The summed E-state index contributed by atoms with van der Waals surface area (Å²) in [6.45, 7) is 3.43. The van der Waals surface area contributed by atoms with Crippen molar-refractivity contribution in [2.24, 2.45) is 35.5 Å². The zero-order chi connectivity index (χ0) is 19.9. The Hall–Kier alpha value is -1.66. The van der Waals surface area contributed by atoms with Gasteiger partial charge in [-0.3, -0.25) is 19.3 Å². The molecule has 7 heteroatoms. The standard InChI is InChI=1S/C21H20BrClN2O3/c1-8-15(6-5-14(22)18(8)23)24-19(26)9(2)25-20(27)16-10-3-4-11(13-7-12(10)13)17(16)21(25)28/h3-6,9-13,16-17H,7H2,1-2H3,(H,24,26)/t9-,10-,11-,12-,13-,16-,17+/m0/s1. The van der Waals surface area contributed by atoms with E-state index in [4.69, 9.17) is 11.6 Å². The number of carbonyl (C=O) groups excluding carboxylic acids is 3. The summed E-state index contributed by atoms with van der Waals surface area (Å²) in [4.78, 5) is 40.3. The molecule has 6 rings (SSSR count). The third-order valence-corrected chi connectivity index (χ3v) is 8.44. The van der Waals surface area contributed by atoms with Gasteiger partial charge in [-0.25, -0.2) is 0 Å². The lowest BCUT2D eigenvalue weighted by molar-refractivity contribution is -0.146. The maximum Gasteiger partial charge on any atom is 0.247 e. The summed E-state index contributed by atoms with van der Waals surface area (Å²) in [5.41, 5.74) is 1.30. The highest BCUT2D eigenvalue weighted by atomic mass is 79.9. The smallest absolute Gasteiger partial charge is 0.247 e. The van der Waals surface area contributed by atoms with E-state index >= 15 is 0 Å². The average Bonchev–Trinajstić information content (AvgIpc) is 3.45. The number of amides is 3. The molecule has 0 unspecified atom stereocenters. The fourth-order valence-corrected chi connectivity index (χ4v) is 6.10. The number of anilines is 1. The molecular weight excluding hydrogens is 444 g/mol. The number of hydrogen-bond donors (Lipinski definition) is 1. The lowest BCUT2D eigenvalue weighted by Crippen LogP contribution is -2.46. The number of carbonyl (C=O) groups is 3. The number of nitrogens with one attached hydrogen (secondary N) is 1. The SMILES string of the molecule is Cc1c(NC(=O)[C@H](C)N2C(=O)[C@@H]3[C@H]4C=C[C@@H]([C@@H]5C[C@@H]45)[C@@H]3C2=O)ccc(Br)c1Cl. The van der Waals surface area contributed by atoms with Crippen LogP contribution in [0.25, 0.3) is 0 Å². The van der Waals surface area contributed by atoms with Gasteiger partial charge in [0.2, 0.25) is 17.7 Å². The molecule has 1 saturated heterocycles. The summed E-state index contributed by atoms with van der Waals surface area (Å²) in [5.74, 6) is 0.0756. The van der Waals surface area contributed by atoms with E-state index in [1.54, 1.807) is 19.1 Å². The molecule has 1 N–H and O–H groups in total. The van der Waals surface area contributed by atoms with Crippen LogP contribution in [-0.4, -0.2) is 28.7 Å². The first-order valence-electron chi connectivity index (χ1n) is 9.62. The van der Waals surface area contributed by atoms with E-state index in [1.165, 1.54) is 4.90 Å². The van der Waals surface area contributed by atoms with Crippen molar-refractivity contribution in [1.29, 1.82) is 0 Å². The Morgan fingerprint density at radius 2 is 1.75 bits per heavy atom. The van der Waals surface area contributed by atoms with Gasteiger partial charge in [-0.1, -0.05) is 23.8 Å². The van der Waals surface area contributed by atoms with Crippen molar-refractivity contribution in [3.8, 4) is 0 Å². The lowest BCUT2D eigenvalue weighted by Gasteiger charge is -2.37. The van der Waals surface area contributed by atoms with Crippen LogP contribution in [0.5, 0.6) is 0 Å². The van der Waals surface area contributed by atoms with E-state index < -0.39 is 6.04 Å². The van der Waals surface area contributed by atoms with Crippen LogP contribution in [0.15, 0.2) is 28.8 Å². The maximum absolute atomic E-state index is 13.1. The molecule has 0 aromatic heterocycles. The van der Waals surface area contributed by atoms with Crippen molar-refractivity contribution in [1.82, 2.24) is 4.90 Å². The Kier molecular flexibility index (Phi) is 4.05. The van der Waals surface area contributed by atoms with Crippen LogP contribution < -0.4 is 5.32 Å². The zero-order valence-electron chi connectivity index (χ0n) is 15.5. The van der Waals surface area contributed by atoms with Crippen LogP contribution in [0.1, 0.15) is 18.9 Å². The summed E-state index contributed by atoms with van der Waals surface area (Å²) in [5, 5.41) is 3.35. The molecule has 5 nitrogen and oxygen atoms in total. The highest BCUT2D eigenvalue weighted by Gasteiger charge is 2.67. The number of imide groups is 1. The normalized spacial score (nSPS) is 35.6. The molecule has 5 aliphatic rings. The molecule has 2 bridgehead atoms. The summed E-state index contributed by atoms with van der Waals surface area (Å²) in [7, 11) is 0. The number of allylic oxidation sites excluding steroid dienone is 2. The fourth-order valence-electron chi connectivity index (χ4n) is 5.50. The van der Waals surface area contributed by atoms with Crippen molar-refractivity contribution in [3.05, 3.63) is 39.3 Å². The summed E-state index contributed by atoms with van der Waals surface area (Å²) in [6.07, 6.45) is 5.38. The molecule has 146 valence electrons. The van der Waals surface area contributed by atoms with Gasteiger partial charge in [0.25, 0.3) is 0 Å². The number of rotatable bonds is 3. The minimum Gasteiger partial charge on any atom is -0.324 e. The van der Waals surface area contributed by atoms with Crippen molar-refractivity contribution >= 4 is 50.9 Å². The van der Waals surface area contributed by atoms with Gasteiger partial charge in [-0.15, -0.1) is 0 Å². The molecule has 1 heterocycles. The highest BCUT2D eigenvalue weighted by molar-refractivity contribution is 9.10. The first kappa shape index (κ1) is 18.4. The number of halogens is 2. The fraction of sp³-hybridized carbons (Fsp3) is 0.476. The van der Waals surface area contributed by atoms with Crippen LogP contribution in [-0.2, 0) is 14.4 Å². The largest absolute Gasteiger partial charge is 0.324 e. The molecule has 0 spiro atoms. The Morgan fingerprint density at radius 3 is 2.32 bits per heavy atom. The Morgan fingerprint density at radius 1 is 1.18 bits per heavy atom. The van der Waals surface area contributed by atoms with E-state index in [0.29, 0.717) is 22.5 Å². The summed E-state index contributed by atoms with van der Waals surface area (Å²) < 4.78 is 0.744. The minimum absolute atomic E-state index is 0.157. The predicted octanol–water partition coefficient (Wildman–Crippen LogP) is 3.79. The first-order valence-corrected chi connectivity index (χ1v) is 10.8. The van der Waals surface area contributed by atoms with Crippen molar-refractivity contribution in [2.75, 3.05) is 5.32 Å². The van der Waals surface area contributed by atoms with Crippen molar-refractivity contribution in [2.45, 2.75) is 26.3 Å². The van der Waals surface area contributed by atoms with Crippen molar-refractivity contribution in [3.63, 3.8) is 0 Å². The molecule has 1 aromatic rings. The topological polar surface area (TPSA) is 66.5 Å². The zero-order valence-corrected chi connectivity index (χ0v) is 17.8. The van der Waals surface area contributed by atoms with Gasteiger partial charge in [0.15, 0.2) is 0 Å². The minimum atomic E-state index is -0.858. The maximum atomic E-state index is 13.1. The van der Waals surface area contributed by atoms with Crippen LogP contribution in [0, 0.1) is 42.4 Å². The number of benzene rings is 1. The van der Waals surface area contributed by atoms with Crippen molar-refractivity contribution < 1.29 is 14.4 Å². The Balaban J connectivity index is 1.38. The van der Waals surface area contributed by atoms with E-state index in [2.05, 4.69) is 33.4 Å². The number of likely N-dealkylation sites (tertiary alicyclic amines) is 1. The number of hydrogen-bond acceptors (Lipinski definition) is 3. The second-order valence-corrected chi connectivity index (χ2v) is 9.63. The summed E-state index contributed by atoms with van der Waals surface area (Å²) in [6, 6.07) is 2.65. The van der Waals surface area contributed by atoms with E-state index in [9.17, 15) is 14.4 Å². The first-order chi connectivity index (χ1) is 13.3. The molecular formula is C21H20BrClN2O3. The monoisotopic (exact) mass is 462 g/mol. The van der Waals surface area contributed by atoms with Crippen LogP contribution >= 0.6 is 27.5 Å². The van der Waals surface area contributed by atoms with Gasteiger partial charge in [0.1, 0.15) is 6.04 Å². The molecule has 2 saturated carbocycles. The van der Waals surface area contributed by atoms with E-state index in [0.717, 1.165) is 16.5 Å².